The summed E-state index contributed by atoms with van der Waals surface area (Å²) >= 11 is 0. The summed E-state index contributed by atoms with van der Waals surface area (Å²) in [5, 5.41) is 1.88. The van der Waals surface area contributed by atoms with Crippen LogP contribution in [0.2, 0.25) is 0 Å². The van der Waals surface area contributed by atoms with Crippen molar-refractivity contribution in [3.05, 3.63) is 119 Å². The molecule has 1 aliphatic heterocycles. The highest BCUT2D eigenvalue weighted by Gasteiger charge is 2.52. The van der Waals surface area contributed by atoms with Crippen LogP contribution in [-0.4, -0.2) is 32.2 Å². The number of benzene rings is 4. The first-order valence-corrected chi connectivity index (χ1v) is 12.4. The van der Waals surface area contributed by atoms with E-state index in [0.717, 1.165) is 44.6 Å². The third-order valence-corrected chi connectivity index (χ3v) is 7.31. The van der Waals surface area contributed by atoms with E-state index < -0.39 is 12.7 Å². The number of aromatic amines is 1. The first-order valence-electron chi connectivity index (χ1n) is 12.4. The average Bonchev–Trinajstić information content (AvgIpc) is 3.50. The summed E-state index contributed by atoms with van der Waals surface area (Å²) in [5.41, 5.74) is 3.43. The molecular formula is C31H25BF2N2O2. The zero-order chi connectivity index (χ0) is 26.3. The largest absolute Gasteiger partial charge is 0.570 e. The summed E-state index contributed by atoms with van der Waals surface area (Å²) in [5.74, 6) is 1.45. The number of methoxy groups -OCH3 is 2. The van der Waals surface area contributed by atoms with Gasteiger partial charge in [0.05, 0.1) is 25.6 Å². The molecule has 1 atom stereocenters. The van der Waals surface area contributed by atoms with Gasteiger partial charge < -0.3 is 14.5 Å². The molecule has 188 valence electrons. The Bertz CT molecular complexity index is 1650. The monoisotopic (exact) mass is 506 g/mol. The Morgan fingerprint density at radius 2 is 1.32 bits per heavy atom. The number of hydrogen-bond acceptors (Lipinski definition) is 3. The second kappa shape index (κ2) is 9.49. The van der Waals surface area contributed by atoms with E-state index in [1.807, 2.05) is 84.9 Å². The molecule has 4 nitrogen and oxygen atoms in total. The Morgan fingerprint density at radius 3 is 1.95 bits per heavy atom. The number of hydrogen-bond donors (Lipinski definition) is 1. The number of ether oxygens (including phenoxy) is 2. The molecule has 1 aromatic heterocycles. The van der Waals surface area contributed by atoms with Crippen LogP contribution < -0.4 is 9.47 Å². The van der Waals surface area contributed by atoms with Crippen LogP contribution in [0.4, 0.5) is 8.63 Å². The number of halogens is 2. The fourth-order valence-electron chi connectivity index (χ4n) is 5.38. The van der Waals surface area contributed by atoms with E-state index in [-0.39, 0.29) is 6.42 Å². The van der Waals surface area contributed by atoms with Gasteiger partial charge in [0.1, 0.15) is 16.9 Å². The molecule has 2 heterocycles. The van der Waals surface area contributed by atoms with E-state index in [4.69, 9.17) is 14.5 Å². The number of aromatic nitrogens is 1. The lowest BCUT2D eigenvalue weighted by molar-refractivity contribution is 0.414. The predicted molar refractivity (Wildman–Crippen MR) is 149 cm³/mol. The number of rotatable bonds is 7. The average molecular weight is 506 g/mol. The summed E-state index contributed by atoms with van der Waals surface area (Å²) in [7, 11) is 0.507. The maximum atomic E-state index is 15.2. The van der Waals surface area contributed by atoms with Gasteiger partial charge in [0.25, 0.3) is 0 Å². The van der Waals surface area contributed by atoms with Crippen molar-refractivity contribution in [2.75, 3.05) is 14.2 Å². The van der Waals surface area contributed by atoms with Crippen LogP contribution in [0.15, 0.2) is 102 Å². The maximum absolute atomic E-state index is 15.2. The normalized spacial score (nSPS) is 16.3. The quantitative estimate of drug-likeness (QED) is 0.239. The van der Waals surface area contributed by atoms with Crippen LogP contribution in [0.5, 0.6) is 11.5 Å². The summed E-state index contributed by atoms with van der Waals surface area (Å²) < 4.78 is 41.0. The molecular weight excluding hydrogens is 481 g/mol. The minimum atomic E-state index is -2.72. The van der Waals surface area contributed by atoms with Crippen LogP contribution in [0, 0.1) is 0 Å². The first-order chi connectivity index (χ1) is 18.5. The molecule has 7 heteroatoms. The number of fused-ring (bicyclic) bond motifs is 2. The van der Waals surface area contributed by atoms with Gasteiger partial charge in [-0.15, -0.1) is 0 Å². The van der Waals surface area contributed by atoms with Gasteiger partial charge in [0.15, 0.2) is 0 Å². The fourth-order valence-corrected chi connectivity index (χ4v) is 5.38. The molecule has 0 fully saturated rings. The molecule has 0 saturated heterocycles. The summed E-state index contributed by atoms with van der Waals surface area (Å²) in [4.78, 5) is 8.30. The highest BCUT2D eigenvalue weighted by atomic mass is 19.2. The molecule has 0 saturated carbocycles. The van der Waals surface area contributed by atoms with Crippen LogP contribution in [0.25, 0.3) is 22.0 Å². The van der Waals surface area contributed by atoms with Gasteiger partial charge in [-0.1, -0.05) is 48.5 Å². The second-order valence-corrected chi connectivity index (χ2v) is 9.39. The lowest BCUT2D eigenvalue weighted by atomic mass is 9.63. The van der Waals surface area contributed by atoms with Gasteiger partial charge in [-0.2, -0.15) is 0 Å². The molecule has 0 aliphatic carbocycles. The molecule has 0 amide bonds. The highest BCUT2D eigenvalue weighted by molar-refractivity contribution is 6.48. The molecule has 6 rings (SSSR count). The van der Waals surface area contributed by atoms with Crippen molar-refractivity contribution in [1.82, 2.24) is 4.98 Å². The van der Waals surface area contributed by atoms with Gasteiger partial charge in [0.2, 0.25) is 0 Å². The molecule has 0 bridgehead atoms. The lowest BCUT2D eigenvalue weighted by Gasteiger charge is -2.24. The van der Waals surface area contributed by atoms with Gasteiger partial charge in [0, 0.05) is 34.0 Å². The van der Waals surface area contributed by atoms with E-state index in [2.05, 4.69) is 4.98 Å². The van der Waals surface area contributed by atoms with E-state index >= 15 is 8.63 Å². The minimum absolute atomic E-state index is 0.0258. The van der Waals surface area contributed by atoms with Gasteiger partial charge >= 0.3 is 7.27 Å². The second-order valence-electron chi connectivity index (χ2n) is 9.39. The standard InChI is InChI=1S/C31H25BF2N2O2/c1-37-22-15-11-20(12-16-22)29-25-8-4-3-7-24(25)28(35-29)19-31(32(33)34)27-10-6-5-9-26(27)30(36-31)21-13-17-23(38-2)18-14-21/h3-18,35H,19H2,1-2H3. The summed E-state index contributed by atoms with van der Waals surface area (Å²) in [6, 6.07) is 30.3. The van der Waals surface area contributed by atoms with Crippen molar-refractivity contribution in [3.8, 4) is 22.8 Å². The van der Waals surface area contributed by atoms with Crippen LogP contribution in [0.1, 0.15) is 22.4 Å². The molecule has 5 aromatic rings. The molecule has 1 N–H and O–H groups in total. The zero-order valence-corrected chi connectivity index (χ0v) is 21.0. The van der Waals surface area contributed by atoms with Gasteiger partial charge in [-0.3, -0.25) is 13.6 Å². The van der Waals surface area contributed by atoms with Crippen LogP contribution >= 0.6 is 0 Å². The van der Waals surface area contributed by atoms with E-state index in [1.54, 1.807) is 26.4 Å². The number of aliphatic imine (C=N–C) groups is 1. The maximum Gasteiger partial charge on any atom is 0.570 e. The van der Waals surface area contributed by atoms with Crippen molar-refractivity contribution in [2.24, 2.45) is 4.99 Å². The Kier molecular flexibility index (Phi) is 5.99. The van der Waals surface area contributed by atoms with Gasteiger partial charge in [-0.25, -0.2) is 0 Å². The minimum Gasteiger partial charge on any atom is -0.497 e. The van der Waals surface area contributed by atoms with Crippen LogP contribution in [-0.2, 0) is 11.9 Å². The number of H-pyrrole nitrogens is 1. The SMILES string of the molecule is COc1ccc(C2=NC(Cc3[nH]c(-c4ccc(OC)cc4)c4ccccc34)(B(F)F)c3ccccc32)cc1. The predicted octanol–water partition coefficient (Wildman–Crippen LogP) is 7.11. The smallest absolute Gasteiger partial charge is 0.497 e. The molecule has 38 heavy (non-hydrogen) atoms. The summed E-state index contributed by atoms with van der Waals surface area (Å²) in [6.45, 7) is 0. The molecule has 0 radical (unpaired) electrons. The summed E-state index contributed by atoms with van der Waals surface area (Å²) in [6.07, 6.45) is 0.0258. The highest BCUT2D eigenvalue weighted by Crippen LogP contribution is 2.44. The number of nitrogens with zero attached hydrogens (tertiary/aromatic N) is 1. The van der Waals surface area contributed by atoms with Crippen molar-refractivity contribution in [3.63, 3.8) is 0 Å². The zero-order valence-electron chi connectivity index (χ0n) is 21.0. The molecule has 0 spiro atoms. The lowest BCUT2D eigenvalue weighted by Crippen LogP contribution is -2.37. The van der Waals surface area contributed by atoms with E-state index in [1.165, 1.54) is 0 Å². The molecule has 1 aliphatic rings. The first kappa shape index (κ1) is 24.0. The molecule has 4 aromatic carbocycles. The van der Waals surface area contributed by atoms with Crippen molar-refractivity contribution < 1.29 is 18.1 Å². The van der Waals surface area contributed by atoms with Crippen molar-refractivity contribution in [2.45, 2.75) is 11.9 Å². The topological polar surface area (TPSA) is 46.6 Å². The third kappa shape index (κ3) is 3.86. The van der Waals surface area contributed by atoms with E-state index in [9.17, 15) is 0 Å². The Morgan fingerprint density at radius 1 is 0.737 bits per heavy atom. The van der Waals surface area contributed by atoms with Crippen molar-refractivity contribution in [1.29, 1.82) is 0 Å². The Labute approximate surface area is 220 Å². The van der Waals surface area contributed by atoms with Crippen LogP contribution in [0.3, 0.4) is 0 Å². The Hall–Kier alpha value is -4.39. The Balaban J connectivity index is 1.50. The van der Waals surface area contributed by atoms with Gasteiger partial charge in [-0.05, 0) is 59.7 Å². The fraction of sp³-hybridized carbons (Fsp3) is 0.129. The van der Waals surface area contributed by atoms with E-state index in [0.29, 0.717) is 17.0 Å². The third-order valence-electron chi connectivity index (χ3n) is 7.31. The number of nitrogens with one attached hydrogen (secondary N) is 1. The molecule has 1 unspecified atom stereocenters. The van der Waals surface area contributed by atoms with Crippen molar-refractivity contribution >= 4 is 23.8 Å².